The second-order valence-electron chi connectivity index (χ2n) is 6.06. The Hall–Kier alpha value is -0.940. The maximum Gasteiger partial charge on any atom is 0.231 e. The predicted molar refractivity (Wildman–Crippen MR) is 75.1 cm³/mol. The van der Waals surface area contributed by atoms with Gasteiger partial charge in [0.1, 0.15) is 6.10 Å². The molecule has 5 heteroatoms. The van der Waals surface area contributed by atoms with Crippen molar-refractivity contribution in [2.75, 3.05) is 13.7 Å². The molecule has 1 rings (SSSR count). The lowest BCUT2D eigenvalue weighted by molar-refractivity contribution is -0.0203. The van der Waals surface area contributed by atoms with Crippen LogP contribution in [0.5, 0.6) is 0 Å². The maximum atomic E-state index is 5.77. The molecule has 1 aromatic rings. The Balaban J connectivity index is 2.93. The summed E-state index contributed by atoms with van der Waals surface area (Å²) in [5.74, 6) is 1.47. The van der Waals surface area contributed by atoms with Gasteiger partial charge >= 0.3 is 0 Å². The van der Waals surface area contributed by atoms with Gasteiger partial charge in [0.2, 0.25) is 11.7 Å². The van der Waals surface area contributed by atoms with Crippen LogP contribution in [-0.4, -0.2) is 29.8 Å². The van der Waals surface area contributed by atoms with E-state index in [4.69, 9.17) is 9.26 Å². The average Bonchev–Trinajstić information content (AvgIpc) is 2.81. The zero-order chi connectivity index (χ0) is 14.6. The summed E-state index contributed by atoms with van der Waals surface area (Å²) in [7, 11) is 1.93. The fourth-order valence-electron chi connectivity index (χ4n) is 1.88. The van der Waals surface area contributed by atoms with E-state index in [0.717, 1.165) is 0 Å². The van der Waals surface area contributed by atoms with Gasteiger partial charge in [0.05, 0.1) is 5.92 Å². The molecule has 110 valence electrons. The van der Waals surface area contributed by atoms with Crippen molar-refractivity contribution in [2.45, 2.75) is 59.6 Å². The molecule has 1 heterocycles. The molecule has 0 saturated heterocycles. The van der Waals surface area contributed by atoms with Crippen LogP contribution >= 0.6 is 0 Å². The van der Waals surface area contributed by atoms with Gasteiger partial charge in [0.25, 0.3) is 0 Å². The highest BCUT2D eigenvalue weighted by Gasteiger charge is 2.32. The average molecular weight is 269 g/mol. The number of nitrogens with zero attached hydrogens (tertiary/aromatic N) is 2. The molecule has 5 nitrogen and oxygen atoms in total. The van der Waals surface area contributed by atoms with Crippen LogP contribution in [0, 0.1) is 5.41 Å². The minimum Gasteiger partial charge on any atom is -0.370 e. The lowest BCUT2D eigenvalue weighted by Crippen LogP contribution is -2.27. The lowest BCUT2D eigenvalue weighted by atomic mass is 9.88. The highest BCUT2D eigenvalue weighted by atomic mass is 16.5. The molecule has 0 radical (unpaired) electrons. The Labute approximate surface area is 116 Å². The van der Waals surface area contributed by atoms with Gasteiger partial charge < -0.3 is 14.6 Å². The van der Waals surface area contributed by atoms with Crippen LogP contribution in [-0.2, 0) is 4.74 Å². The van der Waals surface area contributed by atoms with Crippen molar-refractivity contribution in [3.05, 3.63) is 11.7 Å². The van der Waals surface area contributed by atoms with Gasteiger partial charge in [-0.25, -0.2) is 0 Å². The van der Waals surface area contributed by atoms with Crippen LogP contribution in [0.1, 0.15) is 65.3 Å². The van der Waals surface area contributed by atoms with Crippen LogP contribution in [0.2, 0.25) is 0 Å². The molecular formula is C14H27N3O2. The summed E-state index contributed by atoms with van der Waals surface area (Å²) in [6.45, 7) is 13.1. The number of nitrogens with one attached hydrogen (secondary N) is 1. The molecule has 0 aliphatic heterocycles. The zero-order valence-electron chi connectivity index (χ0n) is 13.2. The van der Waals surface area contributed by atoms with E-state index < -0.39 is 0 Å². The van der Waals surface area contributed by atoms with Crippen molar-refractivity contribution in [3.63, 3.8) is 0 Å². The standard InChI is InChI=1S/C14H27N3O2/c1-8-18-11(14(4,5)6)12-16-13(19-17-12)9(2)10(3)15-7/h9-11,15H,8H2,1-7H3. The Kier molecular flexibility index (Phi) is 5.50. The number of ether oxygens (including phenoxy) is 1. The molecule has 1 N–H and O–H groups in total. The Morgan fingerprint density at radius 3 is 2.42 bits per heavy atom. The number of rotatable bonds is 6. The van der Waals surface area contributed by atoms with Gasteiger partial charge in [-0.1, -0.05) is 32.9 Å². The fourth-order valence-corrected chi connectivity index (χ4v) is 1.88. The molecule has 0 amide bonds. The number of hydrogen-bond donors (Lipinski definition) is 1. The van der Waals surface area contributed by atoms with Crippen molar-refractivity contribution in [2.24, 2.45) is 5.41 Å². The summed E-state index contributed by atoms with van der Waals surface area (Å²) in [5.41, 5.74) is -0.0605. The second-order valence-corrected chi connectivity index (χ2v) is 6.06. The number of aromatic nitrogens is 2. The highest BCUT2D eigenvalue weighted by Crippen LogP contribution is 2.35. The van der Waals surface area contributed by atoms with Gasteiger partial charge in [-0.05, 0) is 26.3 Å². The monoisotopic (exact) mass is 269 g/mol. The van der Waals surface area contributed by atoms with Gasteiger partial charge in [-0.2, -0.15) is 4.98 Å². The Bertz CT molecular complexity index is 384. The molecule has 0 aliphatic carbocycles. The molecular weight excluding hydrogens is 242 g/mol. The van der Waals surface area contributed by atoms with Crippen LogP contribution < -0.4 is 5.32 Å². The molecule has 0 aliphatic rings. The van der Waals surface area contributed by atoms with E-state index in [2.05, 4.69) is 50.1 Å². The fraction of sp³-hybridized carbons (Fsp3) is 0.857. The normalized spacial score (nSPS) is 17.2. The van der Waals surface area contributed by atoms with E-state index in [0.29, 0.717) is 18.3 Å². The van der Waals surface area contributed by atoms with Crippen LogP contribution in [0.25, 0.3) is 0 Å². The zero-order valence-corrected chi connectivity index (χ0v) is 13.2. The SMILES string of the molecule is CCOC(c1noc(C(C)C(C)NC)n1)C(C)(C)C. The van der Waals surface area contributed by atoms with Crippen molar-refractivity contribution < 1.29 is 9.26 Å². The van der Waals surface area contributed by atoms with Gasteiger partial charge in [-0.3, -0.25) is 0 Å². The summed E-state index contributed by atoms with van der Waals surface area (Å²) in [6.07, 6.45) is -0.146. The van der Waals surface area contributed by atoms with E-state index in [1.54, 1.807) is 0 Å². The smallest absolute Gasteiger partial charge is 0.231 e. The molecule has 0 spiro atoms. The molecule has 19 heavy (non-hydrogen) atoms. The van der Waals surface area contributed by atoms with E-state index in [1.165, 1.54) is 0 Å². The van der Waals surface area contributed by atoms with Crippen molar-refractivity contribution in [1.29, 1.82) is 0 Å². The molecule has 0 saturated carbocycles. The lowest BCUT2D eigenvalue weighted by Gasteiger charge is -2.27. The van der Waals surface area contributed by atoms with Gasteiger partial charge in [0, 0.05) is 12.6 Å². The quantitative estimate of drug-likeness (QED) is 0.860. The number of likely N-dealkylation sites (N-methyl/N-ethyl adjacent to an activating group) is 1. The Morgan fingerprint density at radius 2 is 1.95 bits per heavy atom. The van der Waals surface area contributed by atoms with Gasteiger partial charge in [-0.15, -0.1) is 0 Å². The first-order valence-corrected chi connectivity index (χ1v) is 6.93. The van der Waals surface area contributed by atoms with Crippen molar-refractivity contribution >= 4 is 0 Å². The molecule has 0 fully saturated rings. The largest absolute Gasteiger partial charge is 0.370 e. The van der Waals surface area contributed by atoms with Crippen molar-refractivity contribution in [3.8, 4) is 0 Å². The summed E-state index contributed by atoms with van der Waals surface area (Å²) >= 11 is 0. The van der Waals surface area contributed by atoms with Crippen LogP contribution in [0.15, 0.2) is 4.52 Å². The molecule has 0 aromatic carbocycles. The Morgan fingerprint density at radius 1 is 1.32 bits per heavy atom. The third kappa shape index (κ3) is 4.01. The first-order chi connectivity index (χ1) is 8.81. The van der Waals surface area contributed by atoms with Gasteiger partial charge in [0.15, 0.2) is 0 Å². The number of hydrogen-bond acceptors (Lipinski definition) is 5. The maximum absolute atomic E-state index is 5.77. The van der Waals surface area contributed by atoms with E-state index in [1.807, 2.05) is 14.0 Å². The minimum absolute atomic E-state index is 0.0605. The first-order valence-electron chi connectivity index (χ1n) is 6.93. The van der Waals surface area contributed by atoms with E-state index in [9.17, 15) is 0 Å². The van der Waals surface area contributed by atoms with Crippen molar-refractivity contribution in [1.82, 2.24) is 15.5 Å². The summed E-state index contributed by atoms with van der Waals surface area (Å²) < 4.78 is 11.2. The molecule has 3 atom stereocenters. The predicted octanol–water partition coefficient (Wildman–Crippen LogP) is 2.90. The third-order valence-corrected chi connectivity index (χ3v) is 3.41. The molecule has 3 unspecified atom stereocenters. The first kappa shape index (κ1) is 16.1. The summed E-state index contributed by atoms with van der Waals surface area (Å²) in [4.78, 5) is 4.52. The highest BCUT2D eigenvalue weighted by molar-refractivity contribution is 5.01. The minimum atomic E-state index is -0.146. The summed E-state index contributed by atoms with van der Waals surface area (Å²) in [6, 6.07) is 0.286. The summed E-state index contributed by atoms with van der Waals surface area (Å²) in [5, 5.41) is 7.30. The topological polar surface area (TPSA) is 60.2 Å². The molecule has 1 aromatic heterocycles. The third-order valence-electron chi connectivity index (χ3n) is 3.41. The molecule has 0 bridgehead atoms. The second kappa shape index (κ2) is 6.48. The van der Waals surface area contributed by atoms with E-state index in [-0.39, 0.29) is 23.5 Å². The van der Waals surface area contributed by atoms with Crippen LogP contribution in [0.4, 0.5) is 0 Å². The van der Waals surface area contributed by atoms with E-state index >= 15 is 0 Å². The van der Waals surface area contributed by atoms with Crippen LogP contribution in [0.3, 0.4) is 0 Å².